The molecule has 3 aromatic rings. The molecule has 0 spiro atoms. The first-order chi connectivity index (χ1) is 17.2. The highest BCUT2D eigenvalue weighted by Gasteiger charge is 2.21. The minimum Gasteiger partial charge on any atom is -0.495 e. The highest BCUT2D eigenvalue weighted by molar-refractivity contribution is 7.92. The molecule has 0 aromatic heterocycles. The van der Waals surface area contributed by atoms with Crippen LogP contribution in [-0.2, 0) is 14.8 Å². The maximum Gasteiger partial charge on any atom is 0.253 e. The van der Waals surface area contributed by atoms with E-state index in [0.29, 0.717) is 22.7 Å². The number of carbonyl (C=O) groups is 2. The summed E-state index contributed by atoms with van der Waals surface area (Å²) in [4.78, 5) is 25.6. The zero-order valence-electron chi connectivity index (χ0n) is 20.6. The standard InChI is InChI=1S/C27H31N3O5S/c1-20(21-12-5-4-6-13-21)28-27(32)22-14-7-8-15-23(22)29-26(31)18-11-19-30(36(3,33)34)24-16-9-10-17-25(24)35-2/h4-10,12-17,20H,11,18-19H2,1-3H3,(H,28,32)(H,29,31)/t20-/m1/s1. The van der Waals surface area contributed by atoms with E-state index in [0.717, 1.165) is 11.8 Å². The molecule has 1 atom stereocenters. The number of sulfonamides is 1. The summed E-state index contributed by atoms with van der Waals surface area (Å²) in [6.07, 6.45) is 1.46. The molecule has 2 N–H and O–H groups in total. The average molecular weight is 510 g/mol. The number of rotatable bonds is 11. The van der Waals surface area contributed by atoms with Gasteiger partial charge in [0, 0.05) is 13.0 Å². The van der Waals surface area contributed by atoms with Crippen molar-refractivity contribution in [2.75, 3.05) is 29.5 Å². The monoisotopic (exact) mass is 509 g/mol. The number of para-hydroxylation sites is 3. The van der Waals surface area contributed by atoms with Crippen molar-refractivity contribution in [1.82, 2.24) is 5.32 Å². The Balaban J connectivity index is 1.63. The summed E-state index contributed by atoms with van der Waals surface area (Å²) in [6.45, 7) is 1.99. The van der Waals surface area contributed by atoms with E-state index in [1.54, 1.807) is 48.5 Å². The average Bonchev–Trinajstić information content (AvgIpc) is 2.86. The van der Waals surface area contributed by atoms with Crippen LogP contribution >= 0.6 is 0 Å². The molecule has 3 aromatic carbocycles. The number of benzene rings is 3. The van der Waals surface area contributed by atoms with Crippen LogP contribution in [0.25, 0.3) is 0 Å². The zero-order valence-corrected chi connectivity index (χ0v) is 21.4. The number of methoxy groups -OCH3 is 1. The van der Waals surface area contributed by atoms with Crippen LogP contribution in [0.4, 0.5) is 11.4 Å². The summed E-state index contributed by atoms with van der Waals surface area (Å²) in [7, 11) is -2.12. The normalized spacial score (nSPS) is 11.9. The Hall–Kier alpha value is -3.85. The molecule has 0 saturated heterocycles. The third kappa shape index (κ3) is 7.08. The molecule has 0 heterocycles. The number of nitrogens with one attached hydrogen (secondary N) is 2. The molecule has 2 amide bonds. The molecule has 0 aliphatic rings. The second-order valence-corrected chi connectivity index (χ2v) is 10.2. The fourth-order valence-electron chi connectivity index (χ4n) is 3.79. The Morgan fingerprint density at radius 1 is 0.944 bits per heavy atom. The van der Waals surface area contributed by atoms with E-state index in [2.05, 4.69) is 10.6 Å². The minimum absolute atomic E-state index is 0.0670. The topological polar surface area (TPSA) is 105 Å². The Kier molecular flexibility index (Phi) is 9.08. The lowest BCUT2D eigenvalue weighted by atomic mass is 10.1. The predicted octanol–water partition coefficient (Wildman–Crippen LogP) is 4.37. The predicted molar refractivity (Wildman–Crippen MR) is 142 cm³/mol. The zero-order chi connectivity index (χ0) is 26.1. The Morgan fingerprint density at radius 2 is 1.58 bits per heavy atom. The van der Waals surface area contributed by atoms with E-state index in [1.807, 2.05) is 37.3 Å². The largest absolute Gasteiger partial charge is 0.495 e. The fraction of sp³-hybridized carbons (Fsp3) is 0.259. The van der Waals surface area contributed by atoms with Gasteiger partial charge in [0.15, 0.2) is 0 Å². The summed E-state index contributed by atoms with van der Waals surface area (Å²) < 4.78 is 31.3. The Bertz CT molecular complexity index is 1300. The van der Waals surface area contributed by atoms with Gasteiger partial charge in [-0.2, -0.15) is 0 Å². The van der Waals surface area contributed by atoms with Crippen molar-refractivity contribution >= 4 is 33.2 Å². The molecule has 0 unspecified atom stereocenters. The maximum absolute atomic E-state index is 12.9. The van der Waals surface area contributed by atoms with Crippen molar-refractivity contribution in [1.29, 1.82) is 0 Å². The SMILES string of the molecule is COc1ccccc1N(CCCC(=O)Nc1ccccc1C(=O)N[C@H](C)c1ccccc1)S(C)(=O)=O. The Labute approximate surface area is 212 Å². The lowest BCUT2D eigenvalue weighted by Crippen LogP contribution is -2.32. The third-order valence-electron chi connectivity index (χ3n) is 5.61. The maximum atomic E-state index is 12.9. The number of carbonyl (C=O) groups excluding carboxylic acids is 2. The molecular weight excluding hydrogens is 478 g/mol. The van der Waals surface area contributed by atoms with Gasteiger partial charge in [0.1, 0.15) is 5.75 Å². The van der Waals surface area contributed by atoms with Gasteiger partial charge in [0.2, 0.25) is 15.9 Å². The molecule has 0 radical (unpaired) electrons. The number of ether oxygens (including phenoxy) is 1. The van der Waals surface area contributed by atoms with Gasteiger partial charge < -0.3 is 15.4 Å². The van der Waals surface area contributed by atoms with Gasteiger partial charge in [0.25, 0.3) is 5.91 Å². The van der Waals surface area contributed by atoms with Crippen LogP contribution in [0.2, 0.25) is 0 Å². The molecule has 0 bridgehead atoms. The first kappa shape index (κ1) is 26.7. The summed E-state index contributed by atoms with van der Waals surface area (Å²) in [5.74, 6) is -0.196. The minimum atomic E-state index is -3.59. The van der Waals surface area contributed by atoms with Crippen LogP contribution in [0.1, 0.15) is 41.7 Å². The summed E-state index contributed by atoms with van der Waals surface area (Å²) in [5.41, 5.74) is 2.13. The van der Waals surface area contributed by atoms with E-state index in [1.165, 1.54) is 11.4 Å². The van der Waals surface area contributed by atoms with E-state index in [-0.39, 0.29) is 37.2 Å². The molecular formula is C27H31N3O5S. The molecule has 9 heteroatoms. The first-order valence-electron chi connectivity index (χ1n) is 11.6. The van der Waals surface area contributed by atoms with Crippen LogP contribution in [-0.4, -0.2) is 40.1 Å². The van der Waals surface area contributed by atoms with Crippen LogP contribution in [0.3, 0.4) is 0 Å². The van der Waals surface area contributed by atoms with Crippen molar-refractivity contribution in [3.63, 3.8) is 0 Å². The van der Waals surface area contributed by atoms with Crippen molar-refractivity contribution in [2.45, 2.75) is 25.8 Å². The summed E-state index contributed by atoms with van der Waals surface area (Å²) in [6, 6.07) is 23.0. The van der Waals surface area contributed by atoms with Gasteiger partial charge in [-0.15, -0.1) is 0 Å². The van der Waals surface area contributed by atoms with Gasteiger partial charge in [-0.25, -0.2) is 8.42 Å². The van der Waals surface area contributed by atoms with Gasteiger partial charge in [-0.3, -0.25) is 13.9 Å². The van der Waals surface area contributed by atoms with Crippen LogP contribution in [0.15, 0.2) is 78.9 Å². The fourth-order valence-corrected chi connectivity index (χ4v) is 4.76. The lowest BCUT2D eigenvalue weighted by molar-refractivity contribution is -0.116. The summed E-state index contributed by atoms with van der Waals surface area (Å²) >= 11 is 0. The quantitative estimate of drug-likeness (QED) is 0.399. The van der Waals surface area contributed by atoms with Gasteiger partial charge in [-0.1, -0.05) is 54.6 Å². The second-order valence-electron chi connectivity index (χ2n) is 8.31. The van der Waals surface area contributed by atoms with Gasteiger partial charge in [-0.05, 0) is 43.2 Å². The lowest BCUT2D eigenvalue weighted by Gasteiger charge is -2.24. The first-order valence-corrected chi connectivity index (χ1v) is 13.4. The van der Waals surface area contributed by atoms with Crippen molar-refractivity contribution in [3.8, 4) is 5.75 Å². The molecule has 36 heavy (non-hydrogen) atoms. The highest BCUT2D eigenvalue weighted by atomic mass is 32.2. The van der Waals surface area contributed by atoms with Gasteiger partial charge in [0.05, 0.1) is 36.3 Å². The van der Waals surface area contributed by atoms with Crippen LogP contribution < -0.4 is 19.7 Å². The molecule has 0 fully saturated rings. The number of hydrogen-bond acceptors (Lipinski definition) is 5. The van der Waals surface area contributed by atoms with Crippen molar-refractivity contribution < 1.29 is 22.7 Å². The van der Waals surface area contributed by atoms with E-state index >= 15 is 0 Å². The third-order valence-corrected chi connectivity index (χ3v) is 6.79. The molecule has 0 saturated carbocycles. The number of nitrogens with zero attached hydrogens (tertiary/aromatic N) is 1. The van der Waals surface area contributed by atoms with Crippen LogP contribution in [0.5, 0.6) is 5.75 Å². The Morgan fingerprint density at radius 3 is 2.28 bits per heavy atom. The summed E-state index contributed by atoms with van der Waals surface area (Å²) in [5, 5.41) is 5.74. The number of anilines is 2. The van der Waals surface area contributed by atoms with Crippen molar-refractivity contribution in [3.05, 3.63) is 90.0 Å². The van der Waals surface area contributed by atoms with E-state index < -0.39 is 10.0 Å². The van der Waals surface area contributed by atoms with E-state index in [4.69, 9.17) is 4.74 Å². The molecule has 8 nitrogen and oxygen atoms in total. The molecule has 0 aliphatic carbocycles. The van der Waals surface area contributed by atoms with Crippen molar-refractivity contribution in [2.24, 2.45) is 0 Å². The molecule has 0 aliphatic heterocycles. The van der Waals surface area contributed by atoms with Crippen LogP contribution in [0, 0.1) is 0 Å². The smallest absolute Gasteiger partial charge is 0.253 e. The van der Waals surface area contributed by atoms with Gasteiger partial charge >= 0.3 is 0 Å². The van der Waals surface area contributed by atoms with E-state index in [9.17, 15) is 18.0 Å². The molecule has 3 rings (SSSR count). The highest BCUT2D eigenvalue weighted by Crippen LogP contribution is 2.29. The molecule has 190 valence electrons. The second kappa shape index (κ2) is 12.2. The number of amides is 2. The number of hydrogen-bond donors (Lipinski definition) is 2.